The van der Waals surface area contributed by atoms with Crippen molar-refractivity contribution in [3.8, 4) is 0 Å². The lowest BCUT2D eigenvalue weighted by atomic mass is 10.2. The molecule has 2 aromatic rings. The number of rotatable bonds is 8. The van der Waals surface area contributed by atoms with Crippen LogP contribution in [0.2, 0.25) is 0 Å². The Balaban J connectivity index is 1.21. The zero-order chi connectivity index (χ0) is 21.7. The molecule has 0 saturated carbocycles. The first-order chi connectivity index (χ1) is 15.0. The molecule has 0 atom stereocenters. The van der Waals surface area contributed by atoms with Crippen molar-refractivity contribution in [3.05, 3.63) is 53.8 Å². The van der Waals surface area contributed by atoms with Gasteiger partial charge in [0.15, 0.2) is 0 Å². The third-order valence-corrected chi connectivity index (χ3v) is 7.61. The second kappa shape index (κ2) is 9.95. The summed E-state index contributed by atoms with van der Waals surface area (Å²) in [5, 5.41) is 3.01. The van der Waals surface area contributed by atoms with Crippen LogP contribution in [0.25, 0.3) is 0 Å². The molecule has 1 amide bonds. The molecule has 0 bridgehead atoms. The van der Waals surface area contributed by atoms with Gasteiger partial charge in [-0.25, -0.2) is 8.42 Å². The summed E-state index contributed by atoms with van der Waals surface area (Å²) < 4.78 is 32.4. The number of carbonyl (C=O) groups is 1. The Bertz CT molecular complexity index is 962. The highest BCUT2D eigenvalue weighted by molar-refractivity contribution is 7.89. The van der Waals surface area contributed by atoms with Crippen LogP contribution < -0.4 is 5.32 Å². The van der Waals surface area contributed by atoms with Gasteiger partial charge in [0.25, 0.3) is 10.0 Å². The Hall–Kier alpha value is -2.20. The van der Waals surface area contributed by atoms with Crippen LogP contribution in [-0.4, -0.2) is 74.2 Å². The lowest BCUT2D eigenvalue weighted by Crippen LogP contribution is -2.49. The second-order valence-electron chi connectivity index (χ2n) is 8.15. The van der Waals surface area contributed by atoms with Gasteiger partial charge in [-0.2, -0.15) is 4.31 Å². The maximum atomic E-state index is 12.6. The van der Waals surface area contributed by atoms with Crippen LogP contribution in [0.5, 0.6) is 0 Å². The molecule has 3 heterocycles. The van der Waals surface area contributed by atoms with Crippen molar-refractivity contribution in [1.82, 2.24) is 19.4 Å². The van der Waals surface area contributed by atoms with E-state index in [2.05, 4.69) is 15.1 Å². The third kappa shape index (κ3) is 5.74. The number of hydrogen-bond acceptors (Lipinski definition) is 6. The van der Waals surface area contributed by atoms with Crippen LogP contribution in [-0.2, 0) is 27.9 Å². The highest BCUT2D eigenvalue weighted by Crippen LogP contribution is 2.23. The number of amides is 1. The fourth-order valence-electron chi connectivity index (χ4n) is 4.02. The summed E-state index contributed by atoms with van der Waals surface area (Å²) in [6, 6.07) is 13.2. The molecule has 2 fully saturated rings. The van der Waals surface area contributed by atoms with Crippen LogP contribution in [0, 0.1) is 0 Å². The van der Waals surface area contributed by atoms with E-state index >= 15 is 0 Å². The monoisotopic (exact) mass is 446 g/mol. The molecule has 2 saturated heterocycles. The van der Waals surface area contributed by atoms with E-state index in [1.165, 1.54) is 4.31 Å². The molecule has 4 rings (SSSR count). The van der Waals surface area contributed by atoms with Crippen LogP contribution in [0.3, 0.4) is 0 Å². The van der Waals surface area contributed by atoms with Gasteiger partial charge < -0.3 is 9.73 Å². The zero-order valence-corrected chi connectivity index (χ0v) is 18.5. The summed E-state index contributed by atoms with van der Waals surface area (Å²) in [4.78, 5) is 16.6. The molecule has 2 aliphatic rings. The normalized spacial score (nSPS) is 19.0. The van der Waals surface area contributed by atoms with Crippen molar-refractivity contribution in [1.29, 1.82) is 0 Å². The molecule has 1 aromatic carbocycles. The van der Waals surface area contributed by atoms with E-state index in [4.69, 9.17) is 4.42 Å². The van der Waals surface area contributed by atoms with E-state index in [1.54, 1.807) is 12.1 Å². The van der Waals surface area contributed by atoms with Gasteiger partial charge in [-0.1, -0.05) is 30.3 Å². The average molecular weight is 447 g/mol. The minimum absolute atomic E-state index is 0.0279. The Morgan fingerprint density at radius 3 is 2.29 bits per heavy atom. The van der Waals surface area contributed by atoms with Crippen LogP contribution in [0.15, 0.2) is 52.0 Å². The van der Waals surface area contributed by atoms with E-state index in [9.17, 15) is 13.2 Å². The Morgan fingerprint density at radius 1 is 0.903 bits per heavy atom. The molecule has 0 radical (unpaired) electrons. The van der Waals surface area contributed by atoms with Gasteiger partial charge in [-0.05, 0) is 30.5 Å². The first kappa shape index (κ1) is 22.0. The molecule has 31 heavy (non-hydrogen) atoms. The largest absolute Gasteiger partial charge is 0.447 e. The topological polar surface area (TPSA) is 86.1 Å². The van der Waals surface area contributed by atoms with Gasteiger partial charge in [-0.15, -0.1) is 0 Å². The number of nitrogens with one attached hydrogen (secondary N) is 1. The van der Waals surface area contributed by atoms with E-state index in [0.717, 1.165) is 44.6 Å². The minimum atomic E-state index is -3.51. The predicted octanol–water partition coefficient (Wildman–Crippen LogP) is 1.50. The minimum Gasteiger partial charge on any atom is -0.447 e. The van der Waals surface area contributed by atoms with E-state index in [-0.39, 0.29) is 11.0 Å². The zero-order valence-electron chi connectivity index (χ0n) is 17.7. The smallest absolute Gasteiger partial charge is 0.276 e. The van der Waals surface area contributed by atoms with E-state index in [1.807, 2.05) is 30.3 Å². The summed E-state index contributed by atoms with van der Waals surface area (Å²) >= 11 is 0. The highest BCUT2D eigenvalue weighted by atomic mass is 32.2. The van der Waals surface area contributed by atoms with Crippen molar-refractivity contribution < 1.29 is 17.6 Å². The van der Waals surface area contributed by atoms with E-state index < -0.39 is 10.0 Å². The molecular weight excluding hydrogens is 416 g/mol. The lowest BCUT2D eigenvalue weighted by Gasteiger charge is -2.33. The first-order valence-electron chi connectivity index (χ1n) is 10.8. The van der Waals surface area contributed by atoms with Crippen LogP contribution in [0.1, 0.15) is 24.2 Å². The standard InChI is InChI=1S/C22H30N4O4S/c27-21(23-16-19-6-2-1-3-7-19)18-25-14-12-24(13-15-25)17-20-8-9-22(30-20)31(28,29)26-10-4-5-11-26/h1-3,6-9H,4-5,10-18H2,(H,23,27). The van der Waals surface area contributed by atoms with Crippen LogP contribution in [0.4, 0.5) is 0 Å². The molecule has 0 spiro atoms. The number of sulfonamides is 1. The van der Waals surface area contributed by atoms with Gasteiger partial charge >= 0.3 is 0 Å². The Morgan fingerprint density at radius 2 is 1.58 bits per heavy atom. The average Bonchev–Trinajstić information content (AvgIpc) is 3.48. The number of hydrogen-bond donors (Lipinski definition) is 1. The SMILES string of the molecule is O=C(CN1CCN(Cc2ccc(S(=O)(=O)N3CCCC3)o2)CC1)NCc1ccccc1. The number of piperazine rings is 1. The van der Waals surface area contributed by atoms with Crippen molar-refractivity contribution in [2.24, 2.45) is 0 Å². The van der Waals surface area contributed by atoms with Crippen molar-refractivity contribution in [3.63, 3.8) is 0 Å². The third-order valence-electron chi connectivity index (χ3n) is 5.84. The molecule has 1 N–H and O–H groups in total. The molecule has 2 aliphatic heterocycles. The summed E-state index contributed by atoms with van der Waals surface area (Å²) in [6.07, 6.45) is 1.81. The summed E-state index contributed by atoms with van der Waals surface area (Å²) in [6.45, 7) is 5.83. The van der Waals surface area contributed by atoms with Crippen molar-refractivity contribution in [2.45, 2.75) is 31.0 Å². The maximum absolute atomic E-state index is 12.6. The molecule has 1 aromatic heterocycles. The number of carbonyl (C=O) groups excluding carboxylic acids is 1. The van der Waals surface area contributed by atoms with Crippen molar-refractivity contribution >= 4 is 15.9 Å². The van der Waals surface area contributed by atoms with Gasteiger partial charge in [0.05, 0.1) is 13.1 Å². The van der Waals surface area contributed by atoms with Crippen molar-refractivity contribution in [2.75, 3.05) is 45.8 Å². The molecule has 9 heteroatoms. The fourth-order valence-corrected chi connectivity index (χ4v) is 5.46. The summed E-state index contributed by atoms with van der Waals surface area (Å²) in [5.74, 6) is 0.687. The summed E-state index contributed by atoms with van der Waals surface area (Å²) in [7, 11) is -3.51. The molecule has 0 aliphatic carbocycles. The Kier molecular flexibility index (Phi) is 7.06. The van der Waals surface area contributed by atoms with Gasteiger partial charge in [0.2, 0.25) is 11.0 Å². The van der Waals surface area contributed by atoms with Crippen LogP contribution >= 0.6 is 0 Å². The summed E-state index contributed by atoms with van der Waals surface area (Å²) in [5.41, 5.74) is 1.09. The maximum Gasteiger partial charge on any atom is 0.276 e. The number of furan rings is 1. The Labute approximate surface area is 183 Å². The molecule has 8 nitrogen and oxygen atoms in total. The number of nitrogens with zero attached hydrogens (tertiary/aromatic N) is 3. The predicted molar refractivity (Wildman–Crippen MR) is 117 cm³/mol. The molecular formula is C22H30N4O4S. The molecule has 168 valence electrons. The fraction of sp³-hybridized carbons (Fsp3) is 0.500. The number of benzene rings is 1. The highest BCUT2D eigenvalue weighted by Gasteiger charge is 2.30. The quantitative estimate of drug-likeness (QED) is 0.661. The van der Waals surface area contributed by atoms with E-state index in [0.29, 0.717) is 38.5 Å². The second-order valence-corrected chi connectivity index (χ2v) is 10.0. The lowest BCUT2D eigenvalue weighted by molar-refractivity contribution is -0.122. The van der Waals surface area contributed by atoms with Gasteiger partial charge in [0.1, 0.15) is 5.76 Å². The molecule has 0 unspecified atom stereocenters. The van der Waals surface area contributed by atoms with Gasteiger partial charge in [0, 0.05) is 45.8 Å². The van der Waals surface area contributed by atoms with Gasteiger partial charge in [-0.3, -0.25) is 14.6 Å². The first-order valence-corrected chi connectivity index (χ1v) is 12.3.